The van der Waals surface area contributed by atoms with Gasteiger partial charge in [0.15, 0.2) is 0 Å². The third kappa shape index (κ3) is 16.1. The average molecular weight is 1060 g/mol. The zero-order valence-corrected chi connectivity index (χ0v) is 34.6. The van der Waals surface area contributed by atoms with Crippen LogP contribution >= 0.6 is 45.2 Å². The summed E-state index contributed by atoms with van der Waals surface area (Å²) in [5.41, 5.74) is 1.92. The van der Waals surface area contributed by atoms with Gasteiger partial charge < -0.3 is 30.7 Å². The number of pyridine rings is 3. The number of hydrogen-bond donors (Lipinski definition) is 5. The summed E-state index contributed by atoms with van der Waals surface area (Å²) in [6.07, 6.45) is -11.1. The Kier molecular flexibility index (Phi) is 17.1. The molecule has 0 saturated carbocycles. The number of rotatable bonds is 3. The van der Waals surface area contributed by atoms with Gasteiger partial charge >= 0.3 is 24.6 Å². The number of carbonyl (C=O) groups is 1. The van der Waals surface area contributed by atoms with Crippen molar-refractivity contribution in [1.29, 1.82) is 0 Å². The van der Waals surface area contributed by atoms with Crippen molar-refractivity contribution in [2.75, 3.05) is 9.36 Å². The van der Waals surface area contributed by atoms with Crippen molar-refractivity contribution in [1.82, 2.24) is 35.2 Å². The number of alkyl halides is 11. The van der Waals surface area contributed by atoms with E-state index in [-0.39, 0.29) is 57.3 Å². The third-order valence-corrected chi connectivity index (χ3v) is 6.32. The molecule has 0 fully saturated rings. The minimum atomic E-state index is -4.56. The Balaban J connectivity index is 0.000000449. The average Bonchev–Trinajstić information content (AvgIpc) is 3.87. The van der Waals surface area contributed by atoms with Crippen molar-refractivity contribution in [3.63, 3.8) is 0 Å². The van der Waals surface area contributed by atoms with Crippen LogP contribution in [-0.4, -0.2) is 51.0 Å². The molecule has 0 spiro atoms. The minimum absolute atomic E-state index is 0. The van der Waals surface area contributed by atoms with Crippen LogP contribution in [0.1, 0.15) is 68.8 Å². The highest BCUT2D eigenvalue weighted by Crippen LogP contribution is 2.33. The topological polar surface area (TPSA) is 155 Å². The van der Waals surface area contributed by atoms with Crippen molar-refractivity contribution in [2.45, 2.75) is 72.2 Å². The molecule has 0 unspecified atom stereocenters. The first kappa shape index (κ1) is 44.7. The van der Waals surface area contributed by atoms with Crippen molar-refractivity contribution < 1.29 is 54.5 Å². The van der Waals surface area contributed by atoms with Crippen molar-refractivity contribution in [3.8, 4) is 0 Å². The molecule has 6 rings (SSSR count). The van der Waals surface area contributed by atoms with Crippen LogP contribution < -0.4 is 11.1 Å². The van der Waals surface area contributed by atoms with Crippen molar-refractivity contribution in [3.05, 3.63) is 94.6 Å². The number of ether oxygens (including phenoxy) is 1. The van der Waals surface area contributed by atoms with Crippen LogP contribution in [0.3, 0.4) is 0 Å². The largest absolute Gasteiger partial charge is 0.444 e. The summed E-state index contributed by atoms with van der Waals surface area (Å²) in [4.78, 5) is 34.3. The summed E-state index contributed by atoms with van der Waals surface area (Å²) in [6, 6.07) is 6.44. The molecule has 6 aromatic heterocycles. The number of amides is 1. The van der Waals surface area contributed by atoms with Crippen LogP contribution in [0.2, 0.25) is 0 Å². The number of fused-ring (bicyclic) bond motifs is 3. The van der Waals surface area contributed by atoms with Crippen molar-refractivity contribution >= 4 is 90.1 Å². The van der Waals surface area contributed by atoms with Gasteiger partial charge in [-0.15, -0.1) is 0 Å². The molecule has 6 aromatic rings. The van der Waals surface area contributed by atoms with Crippen LogP contribution in [0.15, 0.2) is 55.0 Å². The fourth-order valence-electron chi connectivity index (χ4n) is 4.13. The fraction of sp³-hybridized carbons (Fsp3) is 0.361. The van der Waals surface area contributed by atoms with E-state index in [1.54, 1.807) is 20.8 Å². The van der Waals surface area contributed by atoms with Gasteiger partial charge in [0.1, 0.15) is 39.6 Å². The maximum absolute atomic E-state index is 12.7. The Hall–Kier alpha value is -4.38. The third-order valence-electron chi connectivity index (χ3n) is 6.32. The lowest BCUT2D eigenvalue weighted by Gasteiger charge is -2.19. The molecule has 0 bridgehead atoms. The monoisotopic (exact) mass is 1060 g/mol. The van der Waals surface area contributed by atoms with Crippen molar-refractivity contribution in [2.24, 2.45) is 5.73 Å². The smallest absolute Gasteiger partial charge is 0.431 e. The van der Waals surface area contributed by atoms with Crippen LogP contribution in [0, 0.1) is 6.57 Å². The SMILES string of the molecule is C.CCI.CI.[2H]C([2H])(N)c1cnc2[nH]c(C(F)(F)F)cc2c1.[2H]C([2H])(NC(=O)OC(C)(C)C)c1cnc2[nH]c(C(F)(F)F)cc2c1.[C-]#[N+]c1cnc2[nH]c(C(F)(F)F)cc2c1. The number of nitrogens with one attached hydrogen (secondary N) is 4. The van der Waals surface area contributed by atoms with E-state index < -0.39 is 60.3 Å². The fourth-order valence-corrected chi connectivity index (χ4v) is 4.13. The summed E-state index contributed by atoms with van der Waals surface area (Å²) in [6.45, 7) is 9.18. The molecule has 0 aliphatic rings. The van der Waals surface area contributed by atoms with Gasteiger partial charge in [0.25, 0.3) is 0 Å². The molecular formula is C36H40F9I2N9O2. The number of nitrogens with two attached hydrogens (primary N) is 1. The predicted octanol–water partition coefficient (Wildman–Crippen LogP) is 11.9. The molecule has 22 heteroatoms. The minimum Gasteiger partial charge on any atom is -0.444 e. The molecular weight excluding hydrogens is 1020 g/mol. The quantitative estimate of drug-likeness (QED) is 0.0515. The number of halogens is 11. The lowest BCUT2D eigenvalue weighted by Crippen LogP contribution is -2.32. The second-order valence-electron chi connectivity index (χ2n) is 11.8. The zero-order valence-electron chi connectivity index (χ0n) is 34.2. The highest BCUT2D eigenvalue weighted by Gasteiger charge is 2.34. The molecule has 0 radical (unpaired) electrons. The van der Waals surface area contributed by atoms with Gasteiger partial charge in [0.2, 0.25) is 5.69 Å². The van der Waals surface area contributed by atoms with Crippen LogP contribution in [0.4, 0.5) is 50.0 Å². The second kappa shape index (κ2) is 22.1. The molecule has 6 N–H and O–H groups in total. The molecule has 0 atom stereocenters. The Labute approximate surface area is 360 Å². The van der Waals surface area contributed by atoms with E-state index in [4.69, 9.17) is 22.5 Å². The van der Waals surface area contributed by atoms with Gasteiger partial charge in [0.05, 0.1) is 9.31 Å². The van der Waals surface area contributed by atoms with Gasteiger partial charge in [0, 0.05) is 50.5 Å². The Bertz CT molecular complexity index is 2420. The Morgan fingerprint density at radius 3 is 1.50 bits per heavy atom. The lowest BCUT2D eigenvalue weighted by atomic mass is 10.2. The molecule has 0 saturated heterocycles. The van der Waals surface area contributed by atoms with Gasteiger partial charge in [-0.05, 0) is 77.7 Å². The standard InChI is InChI=1S/C14H16F3N3O2.C9H4F3N3.C9H8F3N3.C2H5I.CH3I.CH4/c1-13(2,3)22-12(21)19-7-8-4-9-5-10(14(15,16)17)20-11(9)18-6-8;1-13-6-2-5-3-7(9(10,11)12)15-8(5)14-4-6;10-9(11,12)7-2-6-1-5(3-13)4-14-8(6)15-7;1-2-3;1-2;/h4-6H,7H2,1-3H3,(H,18,20)(H,19,21);2-4H,(H,14,15);1-2,4H,3,13H2,(H,14,15);2H2,1H3;1H3;1H4/i7D2;;3D2;;;. The molecule has 0 aliphatic heterocycles. The van der Waals surface area contributed by atoms with E-state index >= 15 is 0 Å². The van der Waals surface area contributed by atoms with Gasteiger partial charge in [-0.1, -0.05) is 59.5 Å². The second-order valence-corrected chi connectivity index (χ2v) is 13.3. The number of hydrogen-bond acceptors (Lipinski definition) is 6. The van der Waals surface area contributed by atoms with E-state index in [0.717, 1.165) is 30.6 Å². The zero-order chi connectivity index (χ0) is 46.9. The number of H-pyrrole nitrogens is 3. The Morgan fingerprint density at radius 2 is 1.14 bits per heavy atom. The summed E-state index contributed by atoms with van der Waals surface area (Å²) < 4.78 is 149. The first-order valence-corrected chi connectivity index (χ1v) is 19.4. The predicted molar refractivity (Wildman–Crippen MR) is 222 cm³/mol. The molecule has 58 heavy (non-hydrogen) atoms. The molecule has 11 nitrogen and oxygen atoms in total. The summed E-state index contributed by atoms with van der Waals surface area (Å²) in [5.74, 6) is 0. The first-order valence-electron chi connectivity index (χ1n) is 17.7. The highest BCUT2D eigenvalue weighted by molar-refractivity contribution is 14.1. The summed E-state index contributed by atoms with van der Waals surface area (Å²) in [7, 11) is 0. The van der Waals surface area contributed by atoms with E-state index in [1.807, 2.05) is 10.2 Å². The number of nitrogens with zero attached hydrogens (tertiary/aromatic N) is 4. The van der Waals surface area contributed by atoms with E-state index in [9.17, 15) is 44.3 Å². The number of alkyl carbamates (subject to hydrolysis) is 1. The molecule has 0 aromatic carbocycles. The number of aromatic amines is 3. The van der Waals surface area contributed by atoms with E-state index in [0.29, 0.717) is 0 Å². The highest BCUT2D eigenvalue weighted by atomic mass is 127. The summed E-state index contributed by atoms with van der Waals surface area (Å²) >= 11 is 4.44. The summed E-state index contributed by atoms with van der Waals surface area (Å²) in [5, 5.41) is 2.57. The molecule has 1 amide bonds. The number of aromatic nitrogens is 6. The Morgan fingerprint density at radius 1 is 0.776 bits per heavy atom. The first-order chi connectivity index (χ1) is 27.9. The van der Waals surface area contributed by atoms with E-state index in [1.165, 1.54) is 28.8 Å². The van der Waals surface area contributed by atoms with Crippen LogP contribution in [0.25, 0.3) is 37.9 Å². The molecule has 6 heterocycles. The van der Waals surface area contributed by atoms with Crippen LogP contribution in [-0.2, 0) is 36.3 Å². The van der Waals surface area contributed by atoms with E-state index in [2.05, 4.69) is 86.9 Å². The molecule has 318 valence electrons. The lowest BCUT2D eigenvalue weighted by molar-refractivity contribution is -0.141. The normalized spacial score (nSPS) is 12.8. The number of carbonyl (C=O) groups excluding carboxylic acids is 1. The van der Waals surface area contributed by atoms with Gasteiger partial charge in [-0.2, -0.15) is 39.5 Å². The van der Waals surface area contributed by atoms with Gasteiger partial charge in [-0.3, -0.25) is 4.98 Å². The maximum atomic E-state index is 12.7. The van der Waals surface area contributed by atoms with Crippen LogP contribution in [0.5, 0.6) is 0 Å². The van der Waals surface area contributed by atoms with Gasteiger partial charge in [-0.25, -0.2) is 19.6 Å². The molecule has 0 aliphatic carbocycles. The maximum Gasteiger partial charge on any atom is 0.431 e.